The Hall–Kier alpha value is -2.08. The molecule has 19 heavy (non-hydrogen) atoms. The fraction of sp³-hybridized carbons (Fsp3) is 0.385. The summed E-state index contributed by atoms with van der Waals surface area (Å²) in [5.41, 5.74) is 7.23. The Labute approximate surface area is 111 Å². The number of rotatable bonds is 4. The van der Waals surface area contributed by atoms with Crippen molar-refractivity contribution in [3.05, 3.63) is 35.4 Å². The number of benzene rings is 1. The van der Waals surface area contributed by atoms with E-state index in [0.717, 1.165) is 0 Å². The average molecular weight is 263 g/mol. The molecule has 1 aliphatic rings. The number of amides is 2. The van der Waals surface area contributed by atoms with Gasteiger partial charge in [0.2, 0.25) is 5.91 Å². The molecule has 0 fully saturated rings. The van der Waals surface area contributed by atoms with Crippen molar-refractivity contribution in [3.8, 4) is 0 Å². The first-order valence-electron chi connectivity index (χ1n) is 6.17. The molecule has 0 aliphatic carbocycles. The zero-order valence-electron chi connectivity index (χ0n) is 10.5. The fourth-order valence-corrected chi connectivity index (χ4v) is 2.09. The minimum atomic E-state index is -0.834. The van der Waals surface area contributed by atoms with Gasteiger partial charge in [-0.3, -0.25) is 4.79 Å². The maximum Gasteiger partial charge on any atom is 0.404 e. The van der Waals surface area contributed by atoms with Gasteiger partial charge in [-0.05, 0) is 17.5 Å². The summed E-state index contributed by atoms with van der Waals surface area (Å²) in [5, 5.41) is 5.88. The summed E-state index contributed by atoms with van der Waals surface area (Å²) < 4.78 is 4.54. The third-order valence-electron chi connectivity index (χ3n) is 3.04. The van der Waals surface area contributed by atoms with Gasteiger partial charge in [0.25, 0.3) is 0 Å². The van der Waals surface area contributed by atoms with Crippen molar-refractivity contribution < 1.29 is 14.3 Å². The first-order valence-corrected chi connectivity index (χ1v) is 6.17. The van der Waals surface area contributed by atoms with Crippen molar-refractivity contribution in [1.82, 2.24) is 10.6 Å². The molecule has 0 saturated heterocycles. The van der Waals surface area contributed by atoms with Crippen LogP contribution in [0.25, 0.3) is 0 Å². The molecule has 0 unspecified atom stereocenters. The summed E-state index contributed by atoms with van der Waals surface area (Å²) >= 11 is 0. The van der Waals surface area contributed by atoms with Crippen LogP contribution < -0.4 is 16.4 Å². The Morgan fingerprint density at radius 2 is 2.11 bits per heavy atom. The molecule has 2 rings (SSSR count). The first kappa shape index (κ1) is 13.4. The molecular formula is C13H17N3O3. The minimum Gasteiger partial charge on any atom is -0.448 e. The lowest BCUT2D eigenvalue weighted by molar-refractivity contribution is -0.123. The van der Waals surface area contributed by atoms with Crippen molar-refractivity contribution in [2.45, 2.75) is 19.0 Å². The van der Waals surface area contributed by atoms with E-state index in [4.69, 9.17) is 5.73 Å². The topological polar surface area (TPSA) is 93.5 Å². The van der Waals surface area contributed by atoms with Crippen molar-refractivity contribution >= 4 is 12.0 Å². The Kier molecular flexibility index (Phi) is 4.35. The Morgan fingerprint density at radius 3 is 2.84 bits per heavy atom. The molecule has 4 N–H and O–H groups in total. The van der Waals surface area contributed by atoms with Crippen LogP contribution in [-0.2, 0) is 22.5 Å². The highest BCUT2D eigenvalue weighted by molar-refractivity contribution is 5.82. The van der Waals surface area contributed by atoms with Crippen LogP contribution in [-0.4, -0.2) is 31.2 Å². The molecule has 2 amide bonds. The van der Waals surface area contributed by atoms with E-state index in [-0.39, 0.29) is 25.1 Å². The van der Waals surface area contributed by atoms with Crippen molar-refractivity contribution in [3.63, 3.8) is 0 Å². The maximum atomic E-state index is 11.9. The summed E-state index contributed by atoms with van der Waals surface area (Å²) in [7, 11) is 0. The van der Waals surface area contributed by atoms with E-state index in [9.17, 15) is 9.59 Å². The second-order valence-corrected chi connectivity index (χ2v) is 4.36. The van der Waals surface area contributed by atoms with E-state index in [1.54, 1.807) is 0 Å². The monoisotopic (exact) mass is 263 g/mol. The zero-order chi connectivity index (χ0) is 13.7. The van der Waals surface area contributed by atoms with E-state index in [2.05, 4.69) is 21.4 Å². The number of hydrogen-bond acceptors (Lipinski definition) is 4. The molecule has 0 bridgehead atoms. The SMILES string of the molecule is NC(=O)OCCNC(=O)[C@H]1Cc2ccccc2CN1. The quantitative estimate of drug-likeness (QED) is 0.662. The van der Waals surface area contributed by atoms with Gasteiger partial charge in [0.15, 0.2) is 0 Å². The lowest BCUT2D eigenvalue weighted by Gasteiger charge is -2.25. The first-order chi connectivity index (χ1) is 9.16. The van der Waals surface area contributed by atoms with Crippen molar-refractivity contribution in [1.29, 1.82) is 0 Å². The van der Waals surface area contributed by atoms with Gasteiger partial charge in [-0.25, -0.2) is 4.79 Å². The van der Waals surface area contributed by atoms with Gasteiger partial charge in [-0.2, -0.15) is 0 Å². The van der Waals surface area contributed by atoms with Gasteiger partial charge in [0.1, 0.15) is 6.61 Å². The lowest BCUT2D eigenvalue weighted by Crippen LogP contribution is -2.48. The van der Waals surface area contributed by atoms with Crippen molar-refractivity contribution in [2.75, 3.05) is 13.2 Å². The van der Waals surface area contributed by atoms with Gasteiger partial charge in [-0.1, -0.05) is 24.3 Å². The average Bonchev–Trinajstić information content (AvgIpc) is 2.42. The molecule has 0 spiro atoms. The van der Waals surface area contributed by atoms with Gasteiger partial charge >= 0.3 is 6.09 Å². The molecule has 1 aromatic carbocycles. The maximum absolute atomic E-state index is 11.9. The van der Waals surface area contributed by atoms with Gasteiger partial charge in [0, 0.05) is 6.54 Å². The molecule has 6 nitrogen and oxygen atoms in total. The number of hydrogen-bond donors (Lipinski definition) is 3. The van der Waals surface area contributed by atoms with E-state index >= 15 is 0 Å². The molecular weight excluding hydrogens is 246 g/mol. The Morgan fingerprint density at radius 1 is 1.37 bits per heavy atom. The Balaban J connectivity index is 1.80. The van der Waals surface area contributed by atoms with Crippen LogP contribution in [0.15, 0.2) is 24.3 Å². The molecule has 0 saturated carbocycles. The number of nitrogens with two attached hydrogens (primary N) is 1. The second-order valence-electron chi connectivity index (χ2n) is 4.36. The molecule has 6 heteroatoms. The molecule has 1 aliphatic heterocycles. The molecule has 0 aromatic heterocycles. The summed E-state index contributed by atoms with van der Waals surface area (Å²) in [5.74, 6) is -0.0948. The van der Waals surface area contributed by atoms with Gasteiger partial charge < -0.3 is 21.1 Å². The van der Waals surface area contributed by atoms with E-state index in [1.165, 1.54) is 11.1 Å². The standard InChI is InChI=1S/C13H17N3O3/c14-13(18)19-6-5-15-12(17)11-7-9-3-1-2-4-10(9)8-16-11/h1-4,11,16H,5-8H2,(H2,14,18)(H,15,17)/t11-/m1/s1. The molecule has 1 atom stereocenters. The lowest BCUT2D eigenvalue weighted by atomic mass is 9.95. The molecule has 102 valence electrons. The number of nitrogens with one attached hydrogen (secondary N) is 2. The number of ether oxygens (including phenoxy) is 1. The van der Waals surface area contributed by atoms with E-state index < -0.39 is 6.09 Å². The highest BCUT2D eigenvalue weighted by Gasteiger charge is 2.23. The number of primary amides is 1. The minimum absolute atomic E-state index is 0.0877. The van der Waals surface area contributed by atoms with Crippen LogP contribution in [0.5, 0.6) is 0 Å². The van der Waals surface area contributed by atoms with Gasteiger partial charge in [-0.15, -0.1) is 0 Å². The predicted molar refractivity (Wildman–Crippen MR) is 69.3 cm³/mol. The molecule has 0 radical (unpaired) electrons. The van der Waals surface area contributed by atoms with Gasteiger partial charge in [0.05, 0.1) is 12.6 Å². The van der Waals surface area contributed by atoms with Crippen LogP contribution in [0, 0.1) is 0 Å². The zero-order valence-corrected chi connectivity index (χ0v) is 10.5. The smallest absolute Gasteiger partial charge is 0.404 e. The van der Waals surface area contributed by atoms with Crippen LogP contribution in [0.2, 0.25) is 0 Å². The number of fused-ring (bicyclic) bond motifs is 1. The van der Waals surface area contributed by atoms with Crippen LogP contribution >= 0.6 is 0 Å². The number of carbonyl (C=O) groups excluding carboxylic acids is 2. The fourth-order valence-electron chi connectivity index (χ4n) is 2.09. The highest BCUT2D eigenvalue weighted by Crippen LogP contribution is 2.16. The predicted octanol–water partition coefficient (Wildman–Crippen LogP) is -0.0876. The summed E-state index contributed by atoms with van der Waals surface area (Å²) in [6.07, 6.45) is -0.169. The van der Waals surface area contributed by atoms with E-state index in [0.29, 0.717) is 13.0 Å². The summed E-state index contributed by atoms with van der Waals surface area (Å²) in [6, 6.07) is 7.80. The van der Waals surface area contributed by atoms with Crippen LogP contribution in [0.3, 0.4) is 0 Å². The Bertz CT molecular complexity index is 476. The second kappa shape index (κ2) is 6.19. The largest absolute Gasteiger partial charge is 0.448 e. The van der Waals surface area contributed by atoms with E-state index in [1.807, 2.05) is 18.2 Å². The van der Waals surface area contributed by atoms with Crippen LogP contribution in [0.1, 0.15) is 11.1 Å². The molecule has 1 heterocycles. The third kappa shape index (κ3) is 3.69. The molecule has 1 aromatic rings. The summed E-state index contributed by atoms with van der Waals surface area (Å²) in [4.78, 5) is 22.3. The van der Waals surface area contributed by atoms with Crippen molar-refractivity contribution in [2.24, 2.45) is 5.73 Å². The third-order valence-corrected chi connectivity index (χ3v) is 3.04. The van der Waals surface area contributed by atoms with Crippen LogP contribution in [0.4, 0.5) is 4.79 Å². The highest BCUT2D eigenvalue weighted by atomic mass is 16.5. The normalized spacial score (nSPS) is 17.4. The number of carbonyl (C=O) groups is 2. The summed E-state index contributed by atoms with van der Waals surface area (Å²) in [6.45, 7) is 1.04.